The topological polar surface area (TPSA) is 26.3 Å². The summed E-state index contributed by atoms with van der Waals surface area (Å²) in [6.07, 6.45) is 0. The van der Waals surface area contributed by atoms with Crippen molar-refractivity contribution in [1.82, 2.24) is 0 Å². The van der Waals surface area contributed by atoms with Crippen LogP contribution in [-0.2, 0) is 9.22 Å². The lowest BCUT2D eigenvalue weighted by molar-refractivity contribution is -0.125. The first-order valence-electron chi connectivity index (χ1n) is 8.99. The Morgan fingerprint density at radius 1 is 0.885 bits per heavy atom. The van der Waals surface area contributed by atoms with Crippen molar-refractivity contribution in [2.45, 2.75) is 39.7 Å². The number of carbonyl (C=O) groups excluding carboxylic acids is 1. The van der Waals surface area contributed by atoms with Crippen LogP contribution in [0.2, 0.25) is 5.04 Å². The van der Waals surface area contributed by atoms with Crippen LogP contribution >= 0.6 is 15.9 Å². The number of benzene rings is 2. The molecule has 140 valence electrons. The molecule has 0 bridgehead atoms. The molecule has 0 heterocycles. The van der Waals surface area contributed by atoms with Crippen molar-refractivity contribution in [3.05, 3.63) is 60.7 Å². The standard InChI is InChI=1S/C22H29BrO2Si/c1-21(2,3)26(18-12-8-6-9-13-18,19-14-10-7-11-15-19)25-17-22(4,5)20(24)16-23/h6-15H,16-17H2,1-5H3. The summed E-state index contributed by atoms with van der Waals surface area (Å²) in [5.74, 6) is 0.162. The molecular formula is C22H29BrO2Si. The Labute approximate surface area is 167 Å². The second kappa shape index (κ2) is 8.20. The number of halogens is 1. The number of carbonyl (C=O) groups is 1. The molecule has 0 aliphatic rings. The van der Waals surface area contributed by atoms with Gasteiger partial charge >= 0.3 is 0 Å². The number of hydrogen-bond acceptors (Lipinski definition) is 2. The van der Waals surface area contributed by atoms with E-state index in [0.29, 0.717) is 11.9 Å². The summed E-state index contributed by atoms with van der Waals surface area (Å²) in [6, 6.07) is 21.0. The van der Waals surface area contributed by atoms with Crippen molar-refractivity contribution in [3.8, 4) is 0 Å². The van der Waals surface area contributed by atoms with Gasteiger partial charge < -0.3 is 4.43 Å². The van der Waals surface area contributed by atoms with E-state index < -0.39 is 13.7 Å². The summed E-state index contributed by atoms with van der Waals surface area (Å²) in [5.41, 5.74) is -0.531. The summed E-state index contributed by atoms with van der Waals surface area (Å²) in [4.78, 5) is 12.4. The van der Waals surface area contributed by atoms with E-state index in [0.717, 1.165) is 0 Å². The number of alkyl halides is 1. The Morgan fingerprint density at radius 2 is 1.31 bits per heavy atom. The van der Waals surface area contributed by atoms with Gasteiger partial charge in [0.05, 0.1) is 5.33 Å². The van der Waals surface area contributed by atoms with Crippen molar-refractivity contribution >= 4 is 40.4 Å². The first-order valence-corrected chi connectivity index (χ1v) is 12.0. The lowest BCUT2D eigenvalue weighted by Gasteiger charge is -2.44. The highest BCUT2D eigenvalue weighted by atomic mass is 79.9. The van der Waals surface area contributed by atoms with Gasteiger partial charge in [-0.3, -0.25) is 4.79 Å². The van der Waals surface area contributed by atoms with Crippen LogP contribution in [0.3, 0.4) is 0 Å². The van der Waals surface area contributed by atoms with E-state index in [1.165, 1.54) is 10.4 Å². The third kappa shape index (κ3) is 4.19. The van der Waals surface area contributed by atoms with Gasteiger partial charge in [0.25, 0.3) is 8.32 Å². The van der Waals surface area contributed by atoms with E-state index >= 15 is 0 Å². The van der Waals surface area contributed by atoms with Gasteiger partial charge in [-0.25, -0.2) is 0 Å². The zero-order chi connectivity index (χ0) is 19.4. The smallest absolute Gasteiger partial charge is 0.261 e. The number of ketones is 1. The Bertz CT molecular complexity index is 681. The van der Waals surface area contributed by atoms with Crippen LogP contribution in [0.4, 0.5) is 0 Å². The molecule has 0 spiro atoms. The number of rotatable bonds is 7. The van der Waals surface area contributed by atoms with Gasteiger partial charge in [-0.05, 0) is 15.4 Å². The molecule has 0 unspecified atom stereocenters. The molecule has 4 heteroatoms. The second-order valence-electron chi connectivity index (χ2n) is 8.39. The van der Waals surface area contributed by atoms with Crippen molar-refractivity contribution in [1.29, 1.82) is 0 Å². The largest absolute Gasteiger partial charge is 0.406 e. The predicted molar refractivity (Wildman–Crippen MR) is 116 cm³/mol. The predicted octanol–water partition coefficient (Wildman–Crippen LogP) is 4.55. The molecule has 0 saturated heterocycles. The fraction of sp³-hybridized carbons (Fsp3) is 0.409. The Balaban J connectivity index is 2.60. The molecule has 2 aromatic rings. The minimum Gasteiger partial charge on any atom is -0.406 e. The van der Waals surface area contributed by atoms with Crippen LogP contribution in [0.25, 0.3) is 0 Å². The maximum Gasteiger partial charge on any atom is 0.261 e. The summed E-state index contributed by atoms with van der Waals surface area (Å²) < 4.78 is 6.85. The third-order valence-electron chi connectivity index (χ3n) is 4.94. The molecule has 0 N–H and O–H groups in total. The second-order valence-corrected chi connectivity index (χ2v) is 13.3. The third-order valence-corrected chi connectivity index (χ3v) is 10.4. The van der Waals surface area contributed by atoms with Crippen LogP contribution in [0.5, 0.6) is 0 Å². The van der Waals surface area contributed by atoms with Crippen molar-refractivity contribution in [2.24, 2.45) is 5.41 Å². The minimum atomic E-state index is -2.59. The molecule has 0 atom stereocenters. The van der Waals surface area contributed by atoms with Crippen LogP contribution in [-0.4, -0.2) is 26.0 Å². The maximum atomic E-state index is 12.4. The Morgan fingerprint density at radius 3 is 1.65 bits per heavy atom. The van der Waals surface area contributed by atoms with Gasteiger partial charge in [0.1, 0.15) is 0 Å². The zero-order valence-electron chi connectivity index (χ0n) is 16.4. The van der Waals surface area contributed by atoms with Gasteiger partial charge in [-0.2, -0.15) is 0 Å². The monoisotopic (exact) mass is 432 g/mol. The van der Waals surface area contributed by atoms with E-state index in [2.05, 4.69) is 85.2 Å². The lowest BCUT2D eigenvalue weighted by Crippen LogP contribution is -2.67. The summed E-state index contributed by atoms with van der Waals surface area (Å²) in [5, 5.41) is 2.74. The van der Waals surface area contributed by atoms with Crippen LogP contribution in [0.1, 0.15) is 34.6 Å². The summed E-state index contributed by atoms with van der Waals surface area (Å²) >= 11 is 3.31. The van der Waals surface area contributed by atoms with E-state index in [1.807, 2.05) is 26.0 Å². The molecule has 2 aromatic carbocycles. The molecule has 26 heavy (non-hydrogen) atoms. The van der Waals surface area contributed by atoms with Gasteiger partial charge in [0, 0.05) is 12.0 Å². The average Bonchev–Trinajstić information content (AvgIpc) is 2.62. The van der Waals surface area contributed by atoms with Gasteiger partial charge in [0.15, 0.2) is 5.78 Å². The van der Waals surface area contributed by atoms with Gasteiger partial charge in [0.2, 0.25) is 0 Å². The lowest BCUT2D eigenvalue weighted by atomic mass is 9.90. The zero-order valence-corrected chi connectivity index (χ0v) is 19.0. The van der Waals surface area contributed by atoms with Crippen molar-refractivity contribution < 1.29 is 9.22 Å². The quantitative estimate of drug-likeness (QED) is 0.473. The van der Waals surface area contributed by atoms with E-state index in [-0.39, 0.29) is 10.8 Å². The SMILES string of the molecule is CC(C)(CO[Si](c1ccccc1)(c1ccccc1)C(C)(C)C)C(=O)CBr. The molecule has 2 rings (SSSR count). The van der Waals surface area contributed by atoms with Crippen LogP contribution in [0.15, 0.2) is 60.7 Å². The number of hydrogen-bond donors (Lipinski definition) is 0. The highest BCUT2D eigenvalue weighted by Crippen LogP contribution is 2.38. The molecule has 0 aliphatic heterocycles. The molecule has 0 fully saturated rings. The molecule has 0 amide bonds. The highest BCUT2D eigenvalue weighted by Gasteiger charge is 2.51. The first kappa shape index (κ1) is 21.1. The van der Waals surface area contributed by atoms with Crippen molar-refractivity contribution in [3.63, 3.8) is 0 Å². The van der Waals surface area contributed by atoms with Crippen LogP contribution in [0, 0.1) is 5.41 Å². The molecule has 0 radical (unpaired) electrons. The summed E-state index contributed by atoms with van der Waals surface area (Å²) in [6.45, 7) is 11.1. The average molecular weight is 433 g/mol. The molecule has 0 aliphatic carbocycles. The highest BCUT2D eigenvalue weighted by molar-refractivity contribution is 9.09. The normalized spacial score (nSPS) is 12.8. The fourth-order valence-corrected chi connectivity index (χ4v) is 8.80. The van der Waals surface area contributed by atoms with Gasteiger partial charge in [-0.15, -0.1) is 0 Å². The number of Topliss-reactive ketones (excluding diaryl/α,β-unsaturated/α-hetero) is 1. The minimum absolute atomic E-state index is 0.0801. The Kier molecular flexibility index (Phi) is 6.64. The Hall–Kier alpha value is -1.23. The van der Waals surface area contributed by atoms with E-state index in [9.17, 15) is 4.79 Å². The summed E-state index contributed by atoms with van der Waals surface area (Å²) in [7, 11) is -2.59. The molecule has 0 aromatic heterocycles. The fourth-order valence-electron chi connectivity index (χ4n) is 3.31. The maximum absolute atomic E-state index is 12.4. The van der Waals surface area contributed by atoms with E-state index in [1.54, 1.807) is 0 Å². The molecular weight excluding hydrogens is 404 g/mol. The van der Waals surface area contributed by atoms with Crippen molar-refractivity contribution in [2.75, 3.05) is 11.9 Å². The first-order chi connectivity index (χ1) is 12.1. The molecule has 2 nitrogen and oxygen atoms in total. The molecule has 0 saturated carbocycles. The van der Waals surface area contributed by atoms with Gasteiger partial charge in [-0.1, -0.05) is 111 Å². The van der Waals surface area contributed by atoms with E-state index in [4.69, 9.17) is 4.43 Å². The van der Waals surface area contributed by atoms with Crippen LogP contribution < -0.4 is 10.4 Å².